The largest absolute Gasteiger partial charge is 0.396 e. The maximum atomic E-state index is 11.1. The normalized spacial score (nSPS) is 9.88. The van der Waals surface area contributed by atoms with E-state index in [0.29, 0.717) is 6.42 Å². The minimum atomic E-state index is -0.731. The number of carbonyl (C=O) groups excluding carboxylic acids is 2. The summed E-state index contributed by atoms with van der Waals surface area (Å²) in [4.78, 5) is 22.1. The zero-order valence-electron chi connectivity index (χ0n) is 9.07. The molecule has 0 rings (SSSR count). The molecule has 0 aromatic heterocycles. The van der Waals surface area contributed by atoms with E-state index in [2.05, 4.69) is 10.6 Å². The Balaban J connectivity index is 3.44. The van der Waals surface area contributed by atoms with Crippen molar-refractivity contribution in [2.45, 2.75) is 6.42 Å². The van der Waals surface area contributed by atoms with Crippen LogP contribution in [0.15, 0.2) is 0 Å². The van der Waals surface area contributed by atoms with Crippen molar-refractivity contribution in [1.29, 1.82) is 0 Å². The van der Waals surface area contributed by atoms with Crippen LogP contribution in [0.3, 0.4) is 0 Å². The van der Waals surface area contributed by atoms with Gasteiger partial charge in [-0.2, -0.15) is 0 Å². The molecule has 2 amide bonds. The number of hydrogen-bond donors (Lipinski definition) is 4. The summed E-state index contributed by atoms with van der Waals surface area (Å²) >= 11 is 0. The average molecular weight is 234 g/mol. The van der Waals surface area contributed by atoms with Gasteiger partial charge >= 0.3 is 11.8 Å². The third kappa shape index (κ3) is 8.16. The van der Waals surface area contributed by atoms with Gasteiger partial charge in [-0.05, 0) is 6.42 Å². The second-order valence-electron chi connectivity index (χ2n) is 2.92. The Morgan fingerprint density at radius 3 is 2.12 bits per heavy atom. The van der Waals surface area contributed by atoms with E-state index in [-0.39, 0.29) is 39.5 Å². The van der Waals surface area contributed by atoms with Gasteiger partial charge in [0.25, 0.3) is 0 Å². The first kappa shape index (κ1) is 14.8. The number of aliphatic hydroxyl groups is 2. The summed E-state index contributed by atoms with van der Waals surface area (Å²) in [7, 11) is 0. The van der Waals surface area contributed by atoms with E-state index in [1.165, 1.54) is 0 Å². The number of ether oxygens (including phenoxy) is 1. The fourth-order valence-electron chi connectivity index (χ4n) is 0.845. The van der Waals surface area contributed by atoms with Crippen molar-refractivity contribution in [3.05, 3.63) is 0 Å². The molecule has 0 radical (unpaired) electrons. The van der Waals surface area contributed by atoms with Gasteiger partial charge in [-0.15, -0.1) is 0 Å². The van der Waals surface area contributed by atoms with E-state index in [1.807, 2.05) is 0 Å². The summed E-state index contributed by atoms with van der Waals surface area (Å²) in [6, 6.07) is 0. The van der Waals surface area contributed by atoms with Gasteiger partial charge in [0.2, 0.25) is 0 Å². The fraction of sp³-hybridized carbons (Fsp3) is 0.778. The van der Waals surface area contributed by atoms with Gasteiger partial charge in [0.1, 0.15) is 0 Å². The molecule has 0 aliphatic rings. The zero-order valence-corrected chi connectivity index (χ0v) is 9.07. The van der Waals surface area contributed by atoms with Gasteiger partial charge in [0, 0.05) is 19.7 Å². The molecule has 0 aromatic carbocycles. The van der Waals surface area contributed by atoms with Crippen LogP contribution in [0.5, 0.6) is 0 Å². The van der Waals surface area contributed by atoms with E-state index in [1.54, 1.807) is 0 Å². The summed E-state index contributed by atoms with van der Waals surface area (Å²) < 4.78 is 4.88. The van der Waals surface area contributed by atoms with Gasteiger partial charge in [0.05, 0.1) is 19.8 Å². The lowest BCUT2D eigenvalue weighted by Crippen LogP contribution is -2.41. The Kier molecular flexibility index (Phi) is 9.58. The molecule has 0 spiro atoms. The highest BCUT2D eigenvalue weighted by Crippen LogP contribution is 1.76. The molecule has 7 heteroatoms. The Morgan fingerprint density at radius 1 is 0.938 bits per heavy atom. The van der Waals surface area contributed by atoms with Crippen molar-refractivity contribution in [2.75, 3.05) is 39.5 Å². The highest BCUT2D eigenvalue weighted by Gasteiger charge is 2.11. The molecular weight excluding hydrogens is 216 g/mol. The maximum Gasteiger partial charge on any atom is 0.309 e. The van der Waals surface area contributed by atoms with Crippen LogP contribution in [0.2, 0.25) is 0 Å². The number of aliphatic hydroxyl groups excluding tert-OH is 2. The minimum Gasteiger partial charge on any atom is -0.396 e. The molecule has 0 aliphatic heterocycles. The van der Waals surface area contributed by atoms with Crippen LogP contribution in [-0.2, 0) is 14.3 Å². The average Bonchev–Trinajstić information content (AvgIpc) is 2.28. The number of hydrogen-bond acceptors (Lipinski definition) is 5. The Bertz CT molecular complexity index is 210. The van der Waals surface area contributed by atoms with E-state index < -0.39 is 11.8 Å². The summed E-state index contributed by atoms with van der Waals surface area (Å²) in [5.41, 5.74) is 0. The first-order valence-electron chi connectivity index (χ1n) is 5.08. The van der Waals surface area contributed by atoms with Gasteiger partial charge in [-0.3, -0.25) is 9.59 Å². The van der Waals surface area contributed by atoms with E-state index in [9.17, 15) is 9.59 Å². The van der Waals surface area contributed by atoms with Crippen molar-refractivity contribution in [3.8, 4) is 0 Å². The SMILES string of the molecule is O=C(NCCCO)C(=O)NCCOCCO. The topological polar surface area (TPSA) is 108 Å². The van der Waals surface area contributed by atoms with Crippen LogP contribution in [0.25, 0.3) is 0 Å². The first-order chi connectivity index (χ1) is 7.72. The molecule has 0 heterocycles. The molecule has 94 valence electrons. The van der Waals surface area contributed by atoms with E-state index >= 15 is 0 Å². The molecule has 0 fully saturated rings. The molecule has 0 saturated carbocycles. The lowest BCUT2D eigenvalue weighted by molar-refractivity contribution is -0.139. The highest BCUT2D eigenvalue weighted by atomic mass is 16.5. The molecular formula is C9H18N2O5. The second kappa shape index (κ2) is 10.3. The predicted octanol–water partition coefficient (Wildman–Crippen LogP) is -2.39. The van der Waals surface area contributed by atoms with Crippen LogP contribution in [0.4, 0.5) is 0 Å². The van der Waals surface area contributed by atoms with E-state index in [0.717, 1.165) is 0 Å². The monoisotopic (exact) mass is 234 g/mol. The summed E-state index contributed by atoms with van der Waals surface area (Å²) in [5, 5.41) is 21.5. The van der Waals surface area contributed by atoms with Crippen molar-refractivity contribution in [3.63, 3.8) is 0 Å². The smallest absolute Gasteiger partial charge is 0.309 e. The second-order valence-corrected chi connectivity index (χ2v) is 2.92. The van der Waals surface area contributed by atoms with Crippen LogP contribution < -0.4 is 10.6 Å². The number of rotatable bonds is 8. The van der Waals surface area contributed by atoms with E-state index in [4.69, 9.17) is 14.9 Å². The maximum absolute atomic E-state index is 11.1. The summed E-state index contributed by atoms with van der Waals surface area (Å²) in [6.45, 7) is 0.831. The van der Waals surface area contributed by atoms with Gasteiger partial charge in [-0.25, -0.2) is 0 Å². The van der Waals surface area contributed by atoms with Crippen LogP contribution in [-0.4, -0.2) is 61.5 Å². The third-order valence-corrected chi connectivity index (χ3v) is 1.59. The highest BCUT2D eigenvalue weighted by molar-refractivity contribution is 6.35. The van der Waals surface area contributed by atoms with Crippen LogP contribution in [0.1, 0.15) is 6.42 Å². The quantitative estimate of drug-likeness (QED) is 0.277. The molecule has 0 aliphatic carbocycles. The van der Waals surface area contributed by atoms with Gasteiger partial charge in [0.15, 0.2) is 0 Å². The molecule has 4 N–H and O–H groups in total. The third-order valence-electron chi connectivity index (χ3n) is 1.59. The lowest BCUT2D eigenvalue weighted by Gasteiger charge is -2.06. The predicted molar refractivity (Wildman–Crippen MR) is 55.6 cm³/mol. The molecule has 0 aromatic rings. The first-order valence-corrected chi connectivity index (χ1v) is 5.08. The number of nitrogens with one attached hydrogen (secondary N) is 2. The number of amides is 2. The summed E-state index contributed by atoms with van der Waals surface area (Å²) in [6.07, 6.45) is 0.415. The number of carbonyl (C=O) groups is 2. The van der Waals surface area contributed by atoms with Gasteiger partial charge < -0.3 is 25.6 Å². The molecule has 0 bridgehead atoms. The fourth-order valence-corrected chi connectivity index (χ4v) is 0.845. The molecule has 0 unspecified atom stereocenters. The van der Waals surface area contributed by atoms with Crippen molar-refractivity contribution >= 4 is 11.8 Å². The Labute approximate surface area is 93.8 Å². The Morgan fingerprint density at radius 2 is 1.56 bits per heavy atom. The van der Waals surface area contributed by atoms with Crippen molar-refractivity contribution in [1.82, 2.24) is 10.6 Å². The molecule has 7 nitrogen and oxygen atoms in total. The zero-order chi connectivity index (χ0) is 12.2. The standard InChI is InChI=1S/C9H18N2O5/c12-4-1-2-10-8(14)9(15)11-3-6-16-7-5-13/h12-13H,1-7H2,(H,10,14)(H,11,15). The Hall–Kier alpha value is -1.18. The van der Waals surface area contributed by atoms with Crippen molar-refractivity contribution < 1.29 is 24.5 Å². The lowest BCUT2D eigenvalue weighted by atomic mass is 10.4. The minimum absolute atomic E-state index is 0.0309. The van der Waals surface area contributed by atoms with Crippen molar-refractivity contribution in [2.24, 2.45) is 0 Å². The molecule has 0 saturated heterocycles. The van der Waals surface area contributed by atoms with Gasteiger partial charge in [-0.1, -0.05) is 0 Å². The van der Waals surface area contributed by atoms with Crippen LogP contribution in [0, 0.1) is 0 Å². The summed E-state index contributed by atoms with van der Waals surface area (Å²) in [5.74, 6) is -1.46. The molecule has 16 heavy (non-hydrogen) atoms. The van der Waals surface area contributed by atoms with Crippen LogP contribution >= 0.6 is 0 Å². The molecule has 0 atom stereocenters.